The van der Waals surface area contributed by atoms with E-state index in [1.165, 1.54) is 11.3 Å². The summed E-state index contributed by atoms with van der Waals surface area (Å²) in [6.07, 6.45) is 1.11. The number of aromatic nitrogens is 2. The molecule has 1 unspecified atom stereocenters. The fourth-order valence-corrected chi connectivity index (χ4v) is 3.48. The number of carbonyl (C=O) groups excluding carboxylic acids is 1. The van der Waals surface area contributed by atoms with Crippen molar-refractivity contribution in [2.24, 2.45) is 0 Å². The van der Waals surface area contributed by atoms with E-state index in [1.54, 1.807) is 12.5 Å². The molecule has 11 heteroatoms. The highest BCUT2D eigenvalue weighted by Gasteiger charge is 2.38. The summed E-state index contributed by atoms with van der Waals surface area (Å²) in [6, 6.07) is 13.6. The minimum Gasteiger partial charge on any atom is -0.475 e. The number of furan rings is 1. The van der Waals surface area contributed by atoms with Crippen molar-refractivity contribution in [3.8, 4) is 0 Å². The molecule has 3 heterocycles. The van der Waals surface area contributed by atoms with Crippen LogP contribution in [0.1, 0.15) is 34.1 Å². The van der Waals surface area contributed by atoms with E-state index in [0.717, 1.165) is 26.1 Å². The average Bonchev–Trinajstić information content (AvgIpc) is 3.46. The number of nitrogens with zero attached hydrogens (tertiary/aromatic N) is 3. The Kier molecular flexibility index (Phi) is 7.88. The Morgan fingerprint density at radius 3 is 2.55 bits per heavy atom. The normalized spacial score (nSPS) is 15.8. The van der Waals surface area contributed by atoms with Crippen molar-refractivity contribution in [1.29, 1.82) is 0 Å². The maximum atomic E-state index is 12.2. The van der Waals surface area contributed by atoms with Gasteiger partial charge in [0.15, 0.2) is 0 Å². The molecule has 0 saturated carbocycles. The smallest absolute Gasteiger partial charge is 0.475 e. The summed E-state index contributed by atoms with van der Waals surface area (Å²) in [5.74, 6) is -2.79. The zero-order valence-electron chi connectivity index (χ0n) is 17.5. The Morgan fingerprint density at radius 2 is 1.91 bits per heavy atom. The molecular formula is C22H23F3N4O4. The number of fused-ring (bicyclic) bond motifs is 1. The lowest BCUT2D eigenvalue weighted by molar-refractivity contribution is -0.192. The van der Waals surface area contributed by atoms with Crippen molar-refractivity contribution >= 4 is 11.9 Å². The number of carbonyl (C=O) groups is 2. The van der Waals surface area contributed by atoms with Gasteiger partial charge in [-0.25, -0.2) is 4.79 Å². The number of halogens is 3. The predicted molar refractivity (Wildman–Crippen MR) is 111 cm³/mol. The molecule has 3 aromatic rings. The van der Waals surface area contributed by atoms with Gasteiger partial charge in [0.2, 0.25) is 0 Å². The molecule has 33 heavy (non-hydrogen) atoms. The van der Waals surface area contributed by atoms with E-state index in [4.69, 9.17) is 14.3 Å². The second-order valence-electron chi connectivity index (χ2n) is 7.44. The lowest BCUT2D eigenvalue weighted by atomic mass is 10.1. The number of carboxylic acid groups (broad SMARTS) is 1. The van der Waals surface area contributed by atoms with Crippen LogP contribution >= 0.6 is 0 Å². The highest BCUT2D eigenvalue weighted by atomic mass is 19.4. The minimum atomic E-state index is -5.08. The second kappa shape index (κ2) is 10.8. The molecule has 0 fully saturated rings. The van der Waals surface area contributed by atoms with Crippen molar-refractivity contribution < 1.29 is 32.3 Å². The third kappa shape index (κ3) is 6.94. The SMILES string of the molecule is O=C(NCCC1CN(Cc2ccoc2)Cc2ccnn21)c1ccccc1.O=C(O)C(F)(F)F. The van der Waals surface area contributed by atoms with Gasteiger partial charge in [0.25, 0.3) is 5.91 Å². The molecule has 2 aromatic heterocycles. The number of hydrogen-bond donors (Lipinski definition) is 2. The molecule has 0 saturated heterocycles. The highest BCUT2D eigenvalue weighted by Crippen LogP contribution is 2.24. The first-order chi connectivity index (χ1) is 15.7. The van der Waals surface area contributed by atoms with Crippen molar-refractivity contribution in [2.45, 2.75) is 31.7 Å². The minimum absolute atomic E-state index is 0.0302. The molecule has 0 aliphatic carbocycles. The summed E-state index contributed by atoms with van der Waals surface area (Å²) >= 11 is 0. The van der Waals surface area contributed by atoms with Crippen LogP contribution in [0.15, 0.2) is 65.6 Å². The van der Waals surface area contributed by atoms with Gasteiger partial charge in [0, 0.05) is 43.5 Å². The summed E-state index contributed by atoms with van der Waals surface area (Å²) in [6.45, 7) is 3.25. The first-order valence-electron chi connectivity index (χ1n) is 10.1. The van der Waals surface area contributed by atoms with E-state index in [-0.39, 0.29) is 11.9 Å². The fraction of sp³-hybridized carbons (Fsp3) is 0.318. The van der Waals surface area contributed by atoms with Gasteiger partial charge in [-0.2, -0.15) is 18.3 Å². The van der Waals surface area contributed by atoms with Crippen LogP contribution in [0.25, 0.3) is 0 Å². The van der Waals surface area contributed by atoms with Crippen molar-refractivity contribution in [3.63, 3.8) is 0 Å². The van der Waals surface area contributed by atoms with Crippen LogP contribution in [0.3, 0.4) is 0 Å². The summed E-state index contributed by atoms with van der Waals surface area (Å²) < 4.78 is 39.0. The standard InChI is InChI=1S/C20H22N4O2.C2HF3O2/c25-20(17-4-2-1-3-5-17)21-9-6-18-13-23(12-16-8-11-26-15-16)14-19-7-10-22-24(18)19;3-2(4,5)1(6)7/h1-5,7-8,10-11,15,18H,6,9,12-14H2,(H,21,25);(H,6,7). The third-order valence-corrected chi connectivity index (χ3v) is 4.98. The molecular weight excluding hydrogens is 441 g/mol. The monoisotopic (exact) mass is 464 g/mol. The van der Waals surface area contributed by atoms with Crippen LogP contribution < -0.4 is 5.32 Å². The van der Waals surface area contributed by atoms with Gasteiger partial charge < -0.3 is 14.8 Å². The second-order valence-corrected chi connectivity index (χ2v) is 7.44. The molecule has 2 N–H and O–H groups in total. The Bertz CT molecular complexity index is 1040. The average molecular weight is 464 g/mol. The van der Waals surface area contributed by atoms with E-state index in [9.17, 15) is 18.0 Å². The maximum Gasteiger partial charge on any atom is 0.490 e. The van der Waals surface area contributed by atoms with E-state index >= 15 is 0 Å². The molecule has 8 nitrogen and oxygen atoms in total. The van der Waals surface area contributed by atoms with Crippen LogP contribution in [0.2, 0.25) is 0 Å². The van der Waals surface area contributed by atoms with Crippen molar-refractivity contribution in [3.05, 3.63) is 78.0 Å². The van der Waals surface area contributed by atoms with Gasteiger partial charge in [-0.3, -0.25) is 14.4 Å². The van der Waals surface area contributed by atoms with E-state index in [0.29, 0.717) is 12.1 Å². The van der Waals surface area contributed by atoms with Gasteiger partial charge >= 0.3 is 12.1 Å². The zero-order valence-corrected chi connectivity index (χ0v) is 17.5. The number of aliphatic carboxylic acids is 1. The summed E-state index contributed by atoms with van der Waals surface area (Å²) in [5.41, 5.74) is 3.07. The Morgan fingerprint density at radius 1 is 1.18 bits per heavy atom. The molecule has 4 rings (SSSR count). The van der Waals surface area contributed by atoms with Gasteiger partial charge in [0.1, 0.15) is 0 Å². The number of amides is 1. The Balaban J connectivity index is 0.000000383. The number of nitrogens with one attached hydrogen (secondary N) is 1. The van der Waals surface area contributed by atoms with Gasteiger partial charge in [0.05, 0.1) is 24.3 Å². The number of alkyl halides is 3. The topological polar surface area (TPSA) is 101 Å². The van der Waals surface area contributed by atoms with Gasteiger partial charge in [-0.1, -0.05) is 18.2 Å². The fourth-order valence-electron chi connectivity index (χ4n) is 3.48. The van der Waals surface area contributed by atoms with Crippen LogP contribution in [0.5, 0.6) is 0 Å². The number of benzene rings is 1. The first-order valence-corrected chi connectivity index (χ1v) is 10.1. The van der Waals surface area contributed by atoms with E-state index in [1.807, 2.05) is 42.6 Å². The maximum absolute atomic E-state index is 12.2. The first kappa shape index (κ1) is 24.1. The molecule has 176 valence electrons. The van der Waals surface area contributed by atoms with Gasteiger partial charge in [-0.05, 0) is 30.7 Å². The molecule has 1 atom stereocenters. The summed E-state index contributed by atoms with van der Waals surface area (Å²) in [4.78, 5) is 23.5. The molecule has 0 radical (unpaired) electrons. The molecule has 1 aliphatic rings. The van der Waals surface area contributed by atoms with E-state index < -0.39 is 12.1 Å². The lowest BCUT2D eigenvalue weighted by Gasteiger charge is -2.33. The molecule has 1 amide bonds. The Labute approximate surface area is 187 Å². The number of rotatable bonds is 6. The Hall–Kier alpha value is -3.60. The largest absolute Gasteiger partial charge is 0.490 e. The van der Waals surface area contributed by atoms with E-state index in [2.05, 4.69) is 26.1 Å². The number of carboxylic acids is 1. The molecule has 1 aliphatic heterocycles. The van der Waals surface area contributed by atoms with Crippen LogP contribution in [0, 0.1) is 0 Å². The molecule has 0 bridgehead atoms. The van der Waals surface area contributed by atoms with Crippen molar-refractivity contribution in [1.82, 2.24) is 20.0 Å². The predicted octanol–water partition coefficient (Wildman–Crippen LogP) is 3.49. The van der Waals surface area contributed by atoms with Crippen LogP contribution in [0.4, 0.5) is 13.2 Å². The summed E-state index contributed by atoms with van der Waals surface area (Å²) in [7, 11) is 0. The zero-order chi connectivity index (χ0) is 23.8. The van der Waals surface area contributed by atoms with Crippen molar-refractivity contribution in [2.75, 3.05) is 13.1 Å². The lowest BCUT2D eigenvalue weighted by Crippen LogP contribution is -2.38. The van der Waals surface area contributed by atoms with Crippen LogP contribution in [-0.4, -0.2) is 50.9 Å². The number of hydrogen-bond acceptors (Lipinski definition) is 5. The summed E-state index contributed by atoms with van der Waals surface area (Å²) in [5, 5.41) is 14.6. The third-order valence-electron chi connectivity index (χ3n) is 4.98. The van der Waals surface area contributed by atoms with Gasteiger partial charge in [-0.15, -0.1) is 0 Å². The molecule has 0 spiro atoms. The molecule has 1 aromatic carbocycles. The van der Waals surface area contributed by atoms with Crippen LogP contribution in [-0.2, 0) is 17.9 Å². The highest BCUT2D eigenvalue weighted by molar-refractivity contribution is 5.94. The quantitative estimate of drug-likeness (QED) is 0.579.